The number of primary amides is 1. The average molecular weight is 298 g/mol. The number of carbonyl (C=O) groups excluding carboxylic acids is 1. The van der Waals surface area contributed by atoms with Crippen LogP contribution in [0, 0.1) is 12.8 Å². The number of nitrogens with zero attached hydrogens (tertiary/aromatic N) is 2. The van der Waals surface area contributed by atoms with Gasteiger partial charge in [-0.1, -0.05) is 0 Å². The Morgan fingerprint density at radius 3 is 3.00 bits per heavy atom. The summed E-state index contributed by atoms with van der Waals surface area (Å²) in [5.41, 5.74) is 7.64. The summed E-state index contributed by atoms with van der Waals surface area (Å²) in [5.74, 6) is -0.235. The van der Waals surface area contributed by atoms with Crippen LogP contribution in [0.25, 0.3) is 0 Å². The number of aryl methyl sites for hydroxylation is 1. The quantitative estimate of drug-likeness (QED) is 0.906. The minimum Gasteiger partial charge on any atom is -0.370 e. The lowest BCUT2D eigenvalue weighted by Crippen LogP contribution is -2.41. The maximum absolute atomic E-state index is 11.3. The van der Waals surface area contributed by atoms with Gasteiger partial charge in [-0.3, -0.25) is 9.78 Å². The predicted octanol–water partition coefficient (Wildman–Crippen LogP) is 1.85. The Labute approximate surface area is 109 Å². The molecule has 2 N–H and O–H groups in total. The number of hydrogen-bond donors (Lipinski definition) is 1. The van der Waals surface area contributed by atoms with Crippen LogP contribution < -0.4 is 10.6 Å². The summed E-state index contributed by atoms with van der Waals surface area (Å²) in [6, 6.07) is 0. The second-order valence-electron chi connectivity index (χ2n) is 4.47. The van der Waals surface area contributed by atoms with Gasteiger partial charge in [-0.25, -0.2) is 0 Å². The zero-order valence-corrected chi connectivity index (χ0v) is 11.4. The molecule has 1 aliphatic heterocycles. The van der Waals surface area contributed by atoms with Crippen LogP contribution in [0.5, 0.6) is 0 Å². The van der Waals surface area contributed by atoms with Crippen LogP contribution in [-0.4, -0.2) is 24.0 Å². The van der Waals surface area contributed by atoms with Crippen molar-refractivity contribution in [3.8, 4) is 0 Å². The Morgan fingerprint density at radius 2 is 2.35 bits per heavy atom. The first-order chi connectivity index (χ1) is 8.09. The standard InChI is InChI=1S/C12H16BrN3O/c1-8-5-15-6-10(13)11(8)16-4-2-3-9(7-16)12(14)17/h5-6,9H,2-4,7H2,1H3,(H2,14,17)/t9-/m0/s1. The number of nitrogens with two attached hydrogens (primary N) is 1. The van der Waals surface area contributed by atoms with E-state index in [4.69, 9.17) is 5.73 Å². The molecule has 1 aliphatic rings. The van der Waals surface area contributed by atoms with Crippen molar-refractivity contribution in [2.45, 2.75) is 19.8 Å². The third-order valence-electron chi connectivity index (χ3n) is 3.20. The predicted molar refractivity (Wildman–Crippen MR) is 70.8 cm³/mol. The molecule has 0 unspecified atom stereocenters. The van der Waals surface area contributed by atoms with Crippen molar-refractivity contribution in [1.82, 2.24) is 4.98 Å². The Balaban J connectivity index is 2.25. The van der Waals surface area contributed by atoms with Crippen LogP contribution in [-0.2, 0) is 4.79 Å². The fourth-order valence-corrected chi connectivity index (χ4v) is 3.02. The van der Waals surface area contributed by atoms with Gasteiger partial charge in [-0.15, -0.1) is 0 Å². The Hall–Kier alpha value is -1.10. The number of aromatic nitrogens is 1. The second-order valence-corrected chi connectivity index (χ2v) is 5.33. The monoisotopic (exact) mass is 297 g/mol. The van der Waals surface area contributed by atoms with Crippen molar-refractivity contribution in [2.75, 3.05) is 18.0 Å². The molecule has 2 rings (SSSR count). The molecule has 0 bridgehead atoms. The number of pyridine rings is 1. The molecule has 1 atom stereocenters. The molecular formula is C12H16BrN3O. The number of hydrogen-bond acceptors (Lipinski definition) is 3. The van der Waals surface area contributed by atoms with Gasteiger partial charge < -0.3 is 10.6 Å². The minimum absolute atomic E-state index is 0.0387. The van der Waals surface area contributed by atoms with Crippen molar-refractivity contribution in [3.05, 3.63) is 22.4 Å². The van der Waals surface area contributed by atoms with E-state index in [1.165, 1.54) is 0 Å². The molecule has 1 amide bonds. The number of carbonyl (C=O) groups is 1. The molecule has 1 saturated heterocycles. The van der Waals surface area contributed by atoms with Gasteiger partial charge in [0.05, 0.1) is 16.1 Å². The first kappa shape index (κ1) is 12.4. The van der Waals surface area contributed by atoms with Crippen LogP contribution in [0.15, 0.2) is 16.9 Å². The summed E-state index contributed by atoms with van der Waals surface area (Å²) < 4.78 is 0.975. The maximum Gasteiger partial charge on any atom is 0.222 e. The fraction of sp³-hybridized carbons (Fsp3) is 0.500. The molecule has 1 aromatic heterocycles. The number of anilines is 1. The Bertz CT molecular complexity index is 416. The second kappa shape index (κ2) is 5.04. The summed E-state index contributed by atoms with van der Waals surface area (Å²) >= 11 is 3.52. The van der Waals surface area contributed by atoms with Gasteiger partial charge in [0.25, 0.3) is 0 Å². The number of piperidine rings is 1. The van der Waals surface area contributed by atoms with Crippen molar-refractivity contribution in [1.29, 1.82) is 0 Å². The average Bonchev–Trinajstić information content (AvgIpc) is 2.29. The van der Waals surface area contributed by atoms with Crippen molar-refractivity contribution < 1.29 is 4.79 Å². The molecule has 0 aromatic carbocycles. The largest absolute Gasteiger partial charge is 0.370 e. The number of amides is 1. The molecule has 1 aromatic rings. The van der Waals surface area contributed by atoms with Gasteiger partial charge >= 0.3 is 0 Å². The highest BCUT2D eigenvalue weighted by Crippen LogP contribution is 2.32. The molecule has 0 radical (unpaired) electrons. The Morgan fingerprint density at radius 1 is 1.59 bits per heavy atom. The first-order valence-electron chi connectivity index (χ1n) is 5.74. The van der Waals surface area contributed by atoms with Gasteiger partial charge in [0.2, 0.25) is 5.91 Å². The van der Waals surface area contributed by atoms with E-state index < -0.39 is 0 Å². The van der Waals surface area contributed by atoms with E-state index in [2.05, 4.69) is 25.8 Å². The van der Waals surface area contributed by atoms with E-state index >= 15 is 0 Å². The van der Waals surface area contributed by atoms with E-state index in [1.54, 1.807) is 6.20 Å². The molecule has 5 heteroatoms. The molecule has 92 valence electrons. The summed E-state index contributed by atoms with van der Waals surface area (Å²) in [6.45, 7) is 3.70. The van der Waals surface area contributed by atoms with E-state index in [-0.39, 0.29) is 11.8 Å². The zero-order valence-electron chi connectivity index (χ0n) is 9.82. The lowest BCUT2D eigenvalue weighted by molar-refractivity contribution is -0.122. The third kappa shape index (κ3) is 2.60. The molecule has 2 heterocycles. The maximum atomic E-state index is 11.3. The molecule has 17 heavy (non-hydrogen) atoms. The fourth-order valence-electron chi connectivity index (χ4n) is 2.34. The normalized spacial score (nSPS) is 20.4. The van der Waals surface area contributed by atoms with E-state index in [0.717, 1.165) is 35.1 Å². The van der Waals surface area contributed by atoms with E-state index in [1.807, 2.05) is 13.1 Å². The van der Waals surface area contributed by atoms with Gasteiger partial charge in [-0.05, 0) is 41.3 Å². The summed E-state index contributed by atoms with van der Waals surface area (Å²) in [5, 5.41) is 0. The lowest BCUT2D eigenvalue weighted by atomic mass is 9.97. The van der Waals surface area contributed by atoms with Crippen LogP contribution in [0.2, 0.25) is 0 Å². The highest BCUT2D eigenvalue weighted by atomic mass is 79.9. The highest BCUT2D eigenvalue weighted by molar-refractivity contribution is 9.10. The number of halogens is 1. The minimum atomic E-state index is -0.197. The molecular weight excluding hydrogens is 282 g/mol. The van der Waals surface area contributed by atoms with Crippen molar-refractivity contribution >= 4 is 27.5 Å². The summed E-state index contributed by atoms with van der Waals surface area (Å²) in [4.78, 5) is 17.6. The number of rotatable bonds is 2. The van der Waals surface area contributed by atoms with E-state index in [0.29, 0.717) is 6.54 Å². The van der Waals surface area contributed by atoms with Gasteiger partial charge in [0.15, 0.2) is 0 Å². The topological polar surface area (TPSA) is 59.2 Å². The lowest BCUT2D eigenvalue weighted by Gasteiger charge is -2.34. The van der Waals surface area contributed by atoms with Crippen molar-refractivity contribution in [3.63, 3.8) is 0 Å². The van der Waals surface area contributed by atoms with Gasteiger partial charge in [-0.2, -0.15) is 0 Å². The van der Waals surface area contributed by atoms with Crippen molar-refractivity contribution in [2.24, 2.45) is 11.7 Å². The highest BCUT2D eigenvalue weighted by Gasteiger charge is 2.25. The van der Waals surface area contributed by atoms with Gasteiger partial charge in [0.1, 0.15) is 0 Å². The molecule has 0 saturated carbocycles. The molecule has 4 nitrogen and oxygen atoms in total. The SMILES string of the molecule is Cc1cncc(Br)c1N1CCC[C@H](C(N)=O)C1. The molecule has 1 fully saturated rings. The van der Waals surface area contributed by atoms with Crippen LogP contribution in [0.3, 0.4) is 0 Å². The smallest absolute Gasteiger partial charge is 0.222 e. The molecule has 0 spiro atoms. The van der Waals surface area contributed by atoms with E-state index in [9.17, 15) is 4.79 Å². The van der Waals surface area contributed by atoms with Crippen LogP contribution in [0.4, 0.5) is 5.69 Å². The van der Waals surface area contributed by atoms with Crippen LogP contribution in [0.1, 0.15) is 18.4 Å². The van der Waals surface area contributed by atoms with Crippen LogP contribution >= 0.6 is 15.9 Å². The zero-order chi connectivity index (χ0) is 12.4. The van der Waals surface area contributed by atoms with Gasteiger partial charge in [0, 0.05) is 25.5 Å². The summed E-state index contributed by atoms with van der Waals surface area (Å²) in [7, 11) is 0. The molecule has 0 aliphatic carbocycles. The summed E-state index contributed by atoms with van der Waals surface area (Å²) in [6.07, 6.45) is 5.53. The third-order valence-corrected chi connectivity index (χ3v) is 3.78. The Kier molecular flexibility index (Phi) is 3.66. The first-order valence-corrected chi connectivity index (χ1v) is 6.53.